The first-order valence-corrected chi connectivity index (χ1v) is 8.63. The number of ether oxygens (including phenoxy) is 1. The molecule has 0 aliphatic rings. The lowest BCUT2D eigenvalue weighted by Gasteiger charge is -2.11. The molecular weight excluding hydrogens is 308 g/mol. The number of hydrogen-bond acceptors (Lipinski definition) is 4. The van der Waals surface area contributed by atoms with E-state index in [9.17, 15) is 0 Å². The minimum Gasteiger partial charge on any atom is -0.492 e. The number of nitrogens with zero attached hydrogens (tertiary/aromatic N) is 2. The van der Waals surface area contributed by atoms with E-state index in [1.807, 2.05) is 37.3 Å². The molecule has 0 amide bonds. The van der Waals surface area contributed by atoms with Crippen molar-refractivity contribution in [2.75, 3.05) is 19.7 Å². The molecule has 0 fully saturated rings. The Hall–Kier alpha value is -2.08. The summed E-state index contributed by atoms with van der Waals surface area (Å²) in [5.74, 6) is 1.67. The zero-order chi connectivity index (χ0) is 16.5. The molecule has 0 saturated heterocycles. The highest BCUT2D eigenvalue weighted by atomic mass is 32.1. The van der Waals surface area contributed by atoms with Crippen molar-refractivity contribution >= 4 is 17.3 Å². The van der Waals surface area contributed by atoms with Gasteiger partial charge in [0.15, 0.2) is 5.96 Å². The van der Waals surface area contributed by atoms with Crippen molar-refractivity contribution in [1.82, 2.24) is 15.6 Å². The second kappa shape index (κ2) is 9.15. The summed E-state index contributed by atoms with van der Waals surface area (Å²) in [5, 5.41) is 7.55. The fourth-order valence-corrected chi connectivity index (χ4v) is 2.81. The molecular formula is C17H24N4OS. The highest BCUT2D eigenvalue weighted by Crippen LogP contribution is 2.16. The Bertz CT molecular complexity index is 605. The summed E-state index contributed by atoms with van der Waals surface area (Å²) in [6, 6.07) is 9.81. The normalized spacial score (nSPS) is 11.3. The van der Waals surface area contributed by atoms with Crippen LogP contribution in [-0.2, 0) is 6.54 Å². The van der Waals surface area contributed by atoms with Crippen LogP contribution in [0.4, 0.5) is 0 Å². The Morgan fingerprint density at radius 3 is 2.65 bits per heavy atom. The predicted molar refractivity (Wildman–Crippen MR) is 96.3 cm³/mol. The summed E-state index contributed by atoms with van der Waals surface area (Å²) < 4.78 is 5.66. The Kier molecular flexibility index (Phi) is 6.87. The van der Waals surface area contributed by atoms with Crippen LogP contribution in [0.1, 0.15) is 22.5 Å². The SMILES string of the molecule is CCNC(=NCc1nc(C)c(C)s1)NCCOc1ccccc1. The van der Waals surface area contributed by atoms with Gasteiger partial charge in [0.2, 0.25) is 0 Å². The number of nitrogens with one attached hydrogen (secondary N) is 2. The molecule has 6 heteroatoms. The summed E-state index contributed by atoms with van der Waals surface area (Å²) in [6.07, 6.45) is 0. The third-order valence-corrected chi connectivity index (χ3v) is 4.25. The maximum Gasteiger partial charge on any atom is 0.191 e. The summed E-state index contributed by atoms with van der Waals surface area (Å²) in [4.78, 5) is 10.3. The van der Waals surface area contributed by atoms with Crippen LogP contribution in [0.3, 0.4) is 0 Å². The van der Waals surface area contributed by atoms with Gasteiger partial charge < -0.3 is 15.4 Å². The van der Waals surface area contributed by atoms with Crippen molar-refractivity contribution in [3.8, 4) is 5.75 Å². The van der Waals surface area contributed by atoms with E-state index in [0.717, 1.165) is 29.0 Å². The van der Waals surface area contributed by atoms with Gasteiger partial charge in [-0.2, -0.15) is 0 Å². The van der Waals surface area contributed by atoms with E-state index >= 15 is 0 Å². The number of guanidine groups is 1. The third-order valence-electron chi connectivity index (χ3n) is 3.20. The average molecular weight is 332 g/mol. The molecule has 0 radical (unpaired) electrons. The summed E-state index contributed by atoms with van der Waals surface area (Å²) >= 11 is 1.70. The second-order valence-corrected chi connectivity index (χ2v) is 6.32. The highest BCUT2D eigenvalue weighted by molar-refractivity contribution is 7.11. The van der Waals surface area contributed by atoms with Crippen molar-refractivity contribution in [3.05, 3.63) is 45.9 Å². The third kappa shape index (κ3) is 5.90. The van der Waals surface area contributed by atoms with Crippen molar-refractivity contribution in [3.63, 3.8) is 0 Å². The fraction of sp³-hybridized carbons (Fsp3) is 0.412. The summed E-state index contributed by atoms with van der Waals surface area (Å²) in [7, 11) is 0. The van der Waals surface area contributed by atoms with E-state index in [4.69, 9.17) is 4.74 Å². The second-order valence-electron chi connectivity index (χ2n) is 5.03. The van der Waals surface area contributed by atoms with Gasteiger partial charge in [-0.1, -0.05) is 18.2 Å². The van der Waals surface area contributed by atoms with E-state index in [2.05, 4.69) is 34.5 Å². The Morgan fingerprint density at radius 2 is 2.00 bits per heavy atom. The lowest BCUT2D eigenvalue weighted by Crippen LogP contribution is -2.39. The number of rotatable bonds is 7. The van der Waals surface area contributed by atoms with Crippen LogP contribution in [0.2, 0.25) is 0 Å². The number of para-hydroxylation sites is 1. The zero-order valence-electron chi connectivity index (χ0n) is 13.9. The van der Waals surface area contributed by atoms with Gasteiger partial charge in [0.25, 0.3) is 0 Å². The molecule has 2 N–H and O–H groups in total. The van der Waals surface area contributed by atoms with Crippen LogP contribution in [0, 0.1) is 13.8 Å². The largest absolute Gasteiger partial charge is 0.492 e. The van der Waals surface area contributed by atoms with Crippen molar-refractivity contribution < 1.29 is 4.74 Å². The molecule has 5 nitrogen and oxygen atoms in total. The van der Waals surface area contributed by atoms with Crippen LogP contribution >= 0.6 is 11.3 Å². The monoisotopic (exact) mass is 332 g/mol. The van der Waals surface area contributed by atoms with E-state index in [0.29, 0.717) is 19.7 Å². The van der Waals surface area contributed by atoms with E-state index in [1.165, 1.54) is 4.88 Å². The lowest BCUT2D eigenvalue weighted by atomic mass is 10.3. The Labute approximate surface area is 141 Å². The number of aliphatic imine (C=N–C) groups is 1. The van der Waals surface area contributed by atoms with Crippen LogP contribution < -0.4 is 15.4 Å². The van der Waals surface area contributed by atoms with Gasteiger partial charge in [-0.25, -0.2) is 9.98 Å². The number of aryl methyl sites for hydroxylation is 2. The van der Waals surface area contributed by atoms with Gasteiger partial charge in [0, 0.05) is 11.4 Å². The maximum absolute atomic E-state index is 5.66. The van der Waals surface area contributed by atoms with Crippen molar-refractivity contribution in [2.24, 2.45) is 4.99 Å². The molecule has 0 bridgehead atoms. The highest BCUT2D eigenvalue weighted by Gasteiger charge is 2.03. The molecule has 0 saturated carbocycles. The van der Waals surface area contributed by atoms with Gasteiger partial charge in [-0.05, 0) is 32.9 Å². The molecule has 0 unspecified atom stereocenters. The van der Waals surface area contributed by atoms with Gasteiger partial charge in [-0.3, -0.25) is 0 Å². The van der Waals surface area contributed by atoms with E-state index < -0.39 is 0 Å². The first kappa shape index (κ1) is 17.3. The van der Waals surface area contributed by atoms with Crippen LogP contribution in [0.25, 0.3) is 0 Å². The Balaban J connectivity index is 1.79. The average Bonchev–Trinajstić information content (AvgIpc) is 2.88. The van der Waals surface area contributed by atoms with Crippen LogP contribution in [0.5, 0.6) is 5.75 Å². The quantitative estimate of drug-likeness (QED) is 0.465. The van der Waals surface area contributed by atoms with Gasteiger partial charge in [0.1, 0.15) is 17.4 Å². The first-order valence-electron chi connectivity index (χ1n) is 7.82. The molecule has 0 spiro atoms. The first-order chi connectivity index (χ1) is 11.2. The molecule has 0 atom stereocenters. The van der Waals surface area contributed by atoms with Crippen molar-refractivity contribution in [1.29, 1.82) is 0 Å². The molecule has 2 rings (SSSR count). The predicted octanol–water partition coefficient (Wildman–Crippen LogP) is 2.89. The van der Waals surface area contributed by atoms with E-state index in [-0.39, 0.29) is 0 Å². The van der Waals surface area contributed by atoms with Gasteiger partial charge in [0.05, 0.1) is 18.8 Å². The minimum atomic E-state index is 0.587. The molecule has 0 aliphatic heterocycles. The maximum atomic E-state index is 5.66. The zero-order valence-corrected chi connectivity index (χ0v) is 14.7. The molecule has 0 aliphatic carbocycles. The molecule has 2 aromatic rings. The van der Waals surface area contributed by atoms with Gasteiger partial charge in [-0.15, -0.1) is 11.3 Å². The lowest BCUT2D eigenvalue weighted by molar-refractivity contribution is 0.322. The topological polar surface area (TPSA) is 58.5 Å². The molecule has 1 aromatic carbocycles. The summed E-state index contributed by atoms with van der Waals surface area (Å²) in [5.41, 5.74) is 1.09. The number of benzene rings is 1. The van der Waals surface area contributed by atoms with Crippen LogP contribution in [-0.4, -0.2) is 30.6 Å². The molecule has 1 aromatic heterocycles. The molecule has 1 heterocycles. The minimum absolute atomic E-state index is 0.587. The summed E-state index contributed by atoms with van der Waals surface area (Å²) in [6.45, 7) is 8.86. The fourth-order valence-electron chi connectivity index (χ4n) is 1.95. The number of aromatic nitrogens is 1. The molecule has 23 heavy (non-hydrogen) atoms. The van der Waals surface area contributed by atoms with Crippen molar-refractivity contribution in [2.45, 2.75) is 27.3 Å². The van der Waals surface area contributed by atoms with Gasteiger partial charge >= 0.3 is 0 Å². The molecule has 124 valence electrons. The smallest absolute Gasteiger partial charge is 0.191 e. The standard InChI is InChI=1S/C17H24N4OS/c1-4-18-17(20-12-16-21-13(2)14(3)23-16)19-10-11-22-15-8-6-5-7-9-15/h5-9H,4,10-12H2,1-3H3,(H2,18,19,20). The number of hydrogen-bond donors (Lipinski definition) is 2. The number of thiazole rings is 1. The van der Waals surface area contributed by atoms with Crippen LogP contribution in [0.15, 0.2) is 35.3 Å². The van der Waals surface area contributed by atoms with E-state index in [1.54, 1.807) is 11.3 Å². The Morgan fingerprint density at radius 1 is 1.22 bits per heavy atom.